The molecule has 1 fully saturated rings. The van der Waals surface area contributed by atoms with Crippen molar-refractivity contribution in [2.24, 2.45) is 0 Å². The van der Waals surface area contributed by atoms with Crippen LogP contribution in [0.2, 0.25) is 5.02 Å². The van der Waals surface area contributed by atoms with E-state index in [1.54, 1.807) is 0 Å². The largest absolute Gasteiger partial charge is 0.384 e. The summed E-state index contributed by atoms with van der Waals surface area (Å²) >= 11 is 5.86. The second-order valence-electron chi connectivity index (χ2n) is 5.06. The van der Waals surface area contributed by atoms with Gasteiger partial charge in [-0.3, -0.25) is 4.90 Å². The van der Waals surface area contributed by atoms with E-state index < -0.39 is 0 Å². The van der Waals surface area contributed by atoms with E-state index in [1.807, 2.05) is 24.3 Å². The summed E-state index contributed by atoms with van der Waals surface area (Å²) in [6.45, 7) is 7.88. The number of rotatable bonds is 4. The van der Waals surface area contributed by atoms with E-state index >= 15 is 0 Å². The van der Waals surface area contributed by atoms with Crippen molar-refractivity contribution in [1.82, 2.24) is 9.80 Å². The van der Waals surface area contributed by atoms with Gasteiger partial charge in [0.15, 0.2) is 0 Å². The van der Waals surface area contributed by atoms with Gasteiger partial charge in [-0.25, -0.2) is 0 Å². The molecule has 4 heteroatoms. The third-order valence-corrected chi connectivity index (χ3v) is 3.90. The minimum Gasteiger partial charge on any atom is -0.384 e. The molecule has 0 radical (unpaired) electrons. The third-order valence-electron chi connectivity index (χ3n) is 3.65. The molecule has 18 heavy (non-hydrogen) atoms. The molecule has 1 aromatic rings. The fraction of sp³-hybridized carbons (Fsp3) is 0.571. The van der Waals surface area contributed by atoms with Crippen LogP contribution < -0.4 is 5.32 Å². The van der Waals surface area contributed by atoms with Crippen molar-refractivity contribution in [1.29, 1.82) is 0 Å². The van der Waals surface area contributed by atoms with Gasteiger partial charge in [-0.1, -0.05) is 11.6 Å². The smallest absolute Gasteiger partial charge is 0.0407 e. The molecule has 2 rings (SSSR count). The zero-order chi connectivity index (χ0) is 13.0. The van der Waals surface area contributed by atoms with E-state index in [0.29, 0.717) is 6.04 Å². The molecule has 0 aliphatic carbocycles. The second kappa shape index (κ2) is 6.41. The first-order chi connectivity index (χ1) is 8.65. The highest BCUT2D eigenvalue weighted by Gasteiger charge is 2.19. The Kier molecular flexibility index (Phi) is 4.87. The van der Waals surface area contributed by atoms with Gasteiger partial charge in [-0.05, 0) is 38.2 Å². The molecule has 1 atom stereocenters. The fourth-order valence-corrected chi connectivity index (χ4v) is 2.38. The average molecular weight is 268 g/mol. The summed E-state index contributed by atoms with van der Waals surface area (Å²) in [5, 5.41) is 4.22. The van der Waals surface area contributed by atoms with Gasteiger partial charge >= 0.3 is 0 Å². The molecule has 0 spiro atoms. The lowest BCUT2D eigenvalue weighted by molar-refractivity contribution is 0.108. The summed E-state index contributed by atoms with van der Waals surface area (Å²) in [7, 11) is 2.20. The molecule has 0 bridgehead atoms. The van der Waals surface area contributed by atoms with Crippen molar-refractivity contribution >= 4 is 17.3 Å². The summed E-state index contributed by atoms with van der Waals surface area (Å²) in [5.74, 6) is 0. The first kappa shape index (κ1) is 13.7. The Morgan fingerprint density at radius 1 is 1.28 bits per heavy atom. The summed E-state index contributed by atoms with van der Waals surface area (Å²) in [6, 6.07) is 8.54. The molecule has 3 nitrogen and oxygen atoms in total. The number of hydrogen-bond acceptors (Lipinski definition) is 3. The number of likely N-dealkylation sites (N-methyl/N-ethyl adjacent to an activating group) is 1. The number of nitrogens with one attached hydrogen (secondary N) is 1. The number of halogens is 1. The molecule has 1 aromatic carbocycles. The van der Waals surface area contributed by atoms with Gasteiger partial charge in [0.25, 0.3) is 0 Å². The maximum Gasteiger partial charge on any atom is 0.0407 e. The highest BCUT2D eigenvalue weighted by molar-refractivity contribution is 6.30. The Morgan fingerprint density at radius 3 is 2.67 bits per heavy atom. The van der Waals surface area contributed by atoms with Crippen molar-refractivity contribution in [2.45, 2.75) is 13.0 Å². The topological polar surface area (TPSA) is 18.5 Å². The fourth-order valence-electron chi connectivity index (χ4n) is 2.25. The molecule has 1 unspecified atom stereocenters. The van der Waals surface area contributed by atoms with Crippen LogP contribution in [0.5, 0.6) is 0 Å². The quantitative estimate of drug-likeness (QED) is 0.904. The second-order valence-corrected chi connectivity index (χ2v) is 5.50. The van der Waals surface area contributed by atoms with E-state index in [9.17, 15) is 0 Å². The van der Waals surface area contributed by atoms with Crippen LogP contribution >= 0.6 is 11.6 Å². The minimum atomic E-state index is 0.661. The van der Waals surface area contributed by atoms with Crippen molar-refractivity contribution < 1.29 is 0 Å². The van der Waals surface area contributed by atoms with E-state index in [0.717, 1.165) is 23.8 Å². The molecule has 0 amide bonds. The maximum atomic E-state index is 5.86. The molecule has 0 saturated carbocycles. The highest BCUT2D eigenvalue weighted by Crippen LogP contribution is 2.13. The van der Waals surface area contributed by atoms with Crippen LogP contribution in [0.4, 0.5) is 5.69 Å². The number of benzene rings is 1. The van der Waals surface area contributed by atoms with Gasteiger partial charge in [-0.15, -0.1) is 0 Å². The van der Waals surface area contributed by atoms with Crippen LogP contribution in [0.25, 0.3) is 0 Å². The molecule has 100 valence electrons. The molecule has 1 aliphatic heterocycles. The zero-order valence-corrected chi connectivity index (χ0v) is 12.0. The lowest BCUT2D eigenvalue weighted by Gasteiger charge is -2.37. The lowest BCUT2D eigenvalue weighted by Crippen LogP contribution is -2.50. The molecule has 1 N–H and O–H groups in total. The summed E-state index contributed by atoms with van der Waals surface area (Å²) in [6.07, 6.45) is 0. The average Bonchev–Trinajstić information content (AvgIpc) is 2.36. The SMILES string of the molecule is CC1CN(CCNc2ccc(Cl)cc2)CCN1C. The number of anilines is 1. The first-order valence-electron chi connectivity index (χ1n) is 6.57. The highest BCUT2D eigenvalue weighted by atomic mass is 35.5. The van der Waals surface area contributed by atoms with E-state index in [2.05, 4.69) is 29.1 Å². The molecule has 0 aromatic heterocycles. The Labute approximate surface area is 115 Å². The molecule has 1 heterocycles. The standard InChI is InChI=1S/C14H22ClN3/c1-12-11-18(10-9-17(12)2)8-7-16-14-5-3-13(15)4-6-14/h3-6,12,16H,7-11H2,1-2H3. The number of piperazine rings is 1. The Hall–Kier alpha value is -0.770. The zero-order valence-electron chi connectivity index (χ0n) is 11.2. The summed E-state index contributed by atoms with van der Waals surface area (Å²) in [4.78, 5) is 4.94. The Bertz CT molecular complexity index is 366. The molecular formula is C14H22ClN3. The predicted molar refractivity (Wildman–Crippen MR) is 78.5 cm³/mol. The number of hydrogen-bond donors (Lipinski definition) is 1. The van der Waals surface area contributed by atoms with Crippen molar-refractivity contribution in [3.63, 3.8) is 0 Å². The lowest BCUT2D eigenvalue weighted by atomic mass is 10.2. The van der Waals surface area contributed by atoms with Crippen molar-refractivity contribution in [2.75, 3.05) is 45.1 Å². The van der Waals surface area contributed by atoms with Crippen LogP contribution in [-0.4, -0.2) is 55.6 Å². The monoisotopic (exact) mass is 267 g/mol. The van der Waals surface area contributed by atoms with Gasteiger partial charge in [0, 0.05) is 49.5 Å². The molecular weight excluding hydrogens is 246 g/mol. The summed E-state index contributed by atoms with van der Waals surface area (Å²) < 4.78 is 0. The van der Waals surface area contributed by atoms with Gasteiger partial charge < -0.3 is 10.2 Å². The van der Waals surface area contributed by atoms with Crippen LogP contribution in [0.15, 0.2) is 24.3 Å². The van der Waals surface area contributed by atoms with Crippen LogP contribution in [0.3, 0.4) is 0 Å². The van der Waals surface area contributed by atoms with Gasteiger partial charge in [0.05, 0.1) is 0 Å². The van der Waals surface area contributed by atoms with Crippen LogP contribution in [0, 0.1) is 0 Å². The van der Waals surface area contributed by atoms with Crippen molar-refractivity contribution in [3.8, 4) is 0 Å². The van der Waals surface area contributed by atoms with Crippen LogP contribution in [0.1, 0.15) is 6.92 Å². The first-order valence-corrected chi connectivity index (χ1v) is 6.95. The maximum absolute atomic E-state index is 5.86. The van der Waals surface area contributed by atoms with Gasteiger partial charge in [0.2, 0.25) is 0 Å². The summed E-state index contributed by atoms with van der Waals surface area (Å²) in [5.41, 5.74) is 1.14. The molecule has 1 aliphatic rings. The van der Waals surface area contributed by atoms with Gasteiger partial charge in [0.1, 0.15) is 0 Å². The Morgan fingerprint density at radius 2 is 2.00 bits per heavy atom. The number of nitrogens with zero attached hydrogens (tertiary/aromatic N) is 2. The molecule has 1 saturated heterocycles. The van der Waals surface area contributed by atoms with Crippen LogP contribution in [-0.2, 0) is 0 Å². The normalized spacial score (nSPS) is 22.1. The van der Waals surface area contributed by atoms with E-state index in [1.165, 1.54) is 19.6 Å². The van der Waals surface area contributed by atoms with E-state index in [-0.39, 0.29) is 0 Å². The third kappa shape index (κ3) is 3.87. The Balaban J connectivity index is 1.71. The minimum absolute atomic E-state index is 0.661. The van der Waals surface area contributed by atoms with Crippen molar-refractivity contribution in [3.05, 3.63) is 29.3 Å². The predicted octanol–water partition coefficient (Wildman–Crippen LogP) is 2.39. The van der Waals surface area contributed by atoms with E-state index in [4.69, 9.17) is 11.6 Å². The van der Waals surface area contributed by atoms with Gasteiger partial charge in [-0.2, -0.15) is 0 Å².